The maximum absolute atomic E-state index is 14.6. The second-order valence-electron chi connectivity index (χ2n) is 8.12. The molecule has 0 aliphatic carbocycles. The molecule has 0 saturated heterocycles. The van der Waals surface area contributed by atoms with Crippen molar-refractivity contribution in [2.45, 2.75) is 25.9 Å². The summed E-state index contributed by atoms with van der Waals surface area (Å²) < 4.78 is 49.7. The summed E-state index contributed by atoms with van der Waals surface area (Å²) in [5.41, 5.74) is 1.56. The van der Waals surface area contributed by atoms with E-state index in [0.29, 0.717) is 28.0 Å². The standard InChI is InChI=1S/C25H22F3NO2/c1-25(2,15-30)24-13-19-22(29(24)18-8-9-20(27)21(28)12-18)10-17(26)11-23(19)31-14-16-6-4-3-5-7-16/h3-13,30H,14-15H2,1-2H3. The van der Waals surface area contributed by atoms with E-state index in [1.807, 2.05) is 44.2 Å². The molecule has 0 fully saturated rings. The Labute approximate surface area is 178 Å². The largest absolute Gasteiger partial charge is 0.488 e. The van der Waals surface area contributed by atoms with Crippen molar-refractivity contribution in [1.29, 1.82) is 0 Å². The van der Waals surface area contributed by atoms with E-state index in [2.05, 4.69) is 0 Å². The van der Waals surface area contributed by atoms with Gasteiger partial charge in [-0.3, -0.25) is 0 Å². The van der Waals surface area contributed by atoms with E-state index in [4.69, 9.17) is 4.74 Å². The molecule has 1 heterocycles. The molecular formula is C25H22F3NO2. The molecule has 0 unspecified atom stereocenters. The van der Waals surface area contributed by atoms with Crippen molar-refractivity contribution in [3.63, 3.8) is 0 Å². The fourth-order valence-electron chi connectivity index (χ4n) is 3.58. The van der Waals surface area contributed by atoms with Crippen LogP contribution in [0.5, 0.6) is 5.75 Å². The Morgan fingerprint density at radius 3 is 2.32 bits per heavy atom. The number of aliphatic hydroxyl groups is 1. The Morgan fingerprint density at radius 2 is 1.65 bits per heavy atom. The molecule has 1 N–H and O–H groups in total. The van der Waals surface area contributed by atoms with Crippen LogP contribution >= 0.6 is 0 Å². The van der Waals surface area contributed by atoms with Gasteiger partial charge in [0.1, 0.15) is 18.2 Å². The van der Waals surface area contributed by atoms with Gasteiger partial charge in [0.05, 0.1) is 12.1 Å². The van der Waals surface area contributed by atoms with Crippen molar-refractivity contribution in [2.75, 3.05) is 6.61 Å². The Kier molecular flexibility index (Phi) is 5.50. The first-order valence-corrected chi connectivity index (χ1v) is 9.88. The highest BCUT2D eigenvalue weighted by Gasteiger charge is 2.28. The Bertz CT molecular complexity index is 1230. The number of fused-ring (bicyclic) bond motifs is 1. The highest BCUT2D eigenvalue weighted by molar-refractivity contribution is 5.89. The predicted molar refractivity (Wildman–Crippen MR) is 114 cm³/mol. The third-order valence-electron chi connectivity index (χ3n) is 5.34. The molecule has 0 radical (unpaired) electrons. The number of nitrogens with zero attached hydrogens (tertiary/aromatic N) is 1. The minimum atomic E-state index is -1.01. The van der Waals surface area contributed by atoms with Gasteiger partial charge in [-0.1, -0.05) is 44.2 Å². The molecule has 0 aliphatic heterocycles. The summed E-state index contributed by atoms with van der Waals surface area (Å²) >= 11 is 0. The summed E-state index contributed by atoms with van der Waals surface area (Å²) in [6.45, 7) is 3.68. The number of aromatic nitrogens is 1. The average Bonchev–Trinajstić information content (AvgIpc) is 3.15. The average molecular weight is 425 g/mol. The van der Waals surface area contributed by atoms with Crippen molar-refractivity contribution in [3.05, 3.63) is 95.4 Å². The van der Waals surface area contributed by atoms with E-state index in [1.165, 1.54) is 18.2 Å². The van der Waals surface area contributed by atoms with Crippen molar-refractivity contribution in [2.24, 2.45) is 0 Å². The van der Waals surface area contributed by atoms with E-state index in [-0.39, 0.29) is 13.2 Å². The van der Waals surface area contributed by atoms with Gasteiger partial charge in [-0.25, -0.2) is 13.2 Å². The SMILES string of the molecule is CC(C)(CO)c1cc2c(OCc3ccccc3)cc(F)cc2n1-c1ccc(F)c(F)c1. The summed E-state index contributed by atoms with van der Waals surface area (Å²) in [5, 5.41) is 10.6. The lowest BCUT2D eigenvalue weighted by Gasteiger charge is -2.24. The van der Waals surface area contributed by atoms with Crippen LogP contribution in [0, 0.1) is 17.5 Å². The third-order valence-corrected chi connectivity index (χ3v) is 5.34. The van der Waals surface area contributed by atoms with Crippen LogP contribution in [0.4, 0.5) is 13.2 Å². The van der Waals surface area contributed by atoms with Crippen molar-refractivity contribution >= 4 is 10.9 Å². The van der Waals surface area contributed by atoms with Crippen LogP contribution < -0.4 is 4.74 Å². The van der Waals surface area contributed by atoms with Crippen LogP contribution in [0.2, 0.25) is 0 Å². The maximum Gasteiger partial charge on any atom is 0.160 e. The lowest BCUT2D eigenvalue weighted by Crippen LogP contribution is -2.25. The maximum atomic E-state index is 14.6. The first-order valence-electron chi connectivity index (χ1n) is 9.88. The van der Waals surface area contributed by atoms with Gasteiger partial charge >= 0.3 is 0 Å². The number of hydrogen-bond acceptors (Lipinski definition) is 2. The van der Waals surface area contributed by atoms with Crippen LogP contribution in [0.1, 0.15) is 25.1 Å². The molecule has 160 valence electrons. The summed E-state index contributed by atoms with van der Waals surface area (Å²) in [7, 11) is 0. The molecule has 0 spiro atoms. The molecule has 3 aromatic carbocycles. The molecule has 1 aromatic heterocycles. The molecule has 0 saturated carbocycles. The summed E-state index contributed by atoms with van der Waals surface area (Å²) in [5.74, 6) is -2.17. The van der Waals surface area contributed by atoms with E-state index in [1.54, 1.807) is 10.6 Å². The van der Waals surface area contributed by atoms with E-state index >= 15 is 0 Å². The monoisotopic (exact) mass is 425 g/mol. The zero-order valence-corrected chi connectivity index (χ0v) is 17.2. The zero-order valence-electron chi connectivity index (χ0n) is 17.2. The van der Waals surface area contributed by atoms with Crippen LogP contribution in [0.15, 0.2) is 66.7 Å². The van der Waals surface area contributed by atoms with E-state index in [9.17, 15) is 18.3 Å². The fourth-order valence-corrected chi connectivity index (χ4v) is 3.58. The van der Waals surface area contributed by atoms with Crippen molar-refractivity contribution in [3.8, 4) is 11.4 Å². The first kappa shape index (κ1) is 21.0. The zero-order chi connectivity index (χ0) is 22.2. The van der Waals surface area contributed by atoms with Crippen LogP contribution in [0.25, 0.3) is 16.6 Å². The summed E-state index contributed by atoms with van der Waals surface area (Å²) in [6.07, 6.45) is 0. The normalized spacial score (nSPS) is 11.8. The number of benzene rings is 3. The molecule has 6 heteroatoms. The molecule has 4 aromatic rings. The van der Waals surface area contributed by atoms with Gasteiger partial charge in [-0.05, 0) is 29.8 Å². The molecular weight excluding hydrogens is 403 g/mol. The predicted octanol–water partition coefficient (Wildman–Crippen LogP) is 5.90. The summed E-state index contributed by atoms with van der Waals surface area (Å²) in [4.78, 5) is 0. The van der Waals surface area contributed by atoms with Gasteiger partial charge < -0.3 is 14.4 Å². The Balaban J connectivity index is 1.91. The van der Waals surface area contributed by atoms with Crippen LogP contribution in [0.3, 0.4) is 0 Å². The Morgan fingerprint density at radius 1 is 0.903 bits per heavy atom. The van der Waals surface area contributed by atoms with E-state index in [0.717, 1.165) is 17.7 Å². The van der Waals surface area contributed by atoms with Gasteiger partial charge in [0.15, 0.2) is 11.6 Å². The number of halogens is 3. The van der Waals surface area contributed by atoms with Gasteiger partial charge in [0, 0.05) is 34.3 Å². The van der Waals surface area contributed by atoms with Gasteiger partial charge in [-0.15, -0.1) is 0 Å². The molecule has 31 heavy (non-hydrogen) atoms. The van der Waals surface area contributed by atoms with Crippen LogP contribution in [-0.4, -0.2) is 16.3 Å². The number of ether oxygens (including phenoxy) is 1. The highest BCUT2D eigenvalue weighted by atomic mass is 19.2. The highest BCUT2D eigenvalue weighted by Crippen LogP contribution is 2.37. The topological polar surface area (TPSA) is 34.4 Å². The molecule has 0 amide bonds. The minimum Gasteiger partial charge on any atom is -0.488 e. The molecule has 3 nitrogen and oxygen atoms in total. The van der Waals surface area contributed by atoms with E-state index < -0.39 is 22.9 Å². The first-order chi connectivity index (χ1) is 14.8. The molecule has 0 bridgehead atoms. The number of rotatable bonds is 6. The molecule has 0 atom stereocenters. The smallest absolute Gasteiger partial charge is 0.160 e. The number of aliphatic hydroxyl groups excluding tert-OH is 1. The molecule has 4 rings (SSSR count). The lowest BCUT2D eigenvalue weighted by atomic mass is 9.90. The third kappa shape index (κ3) is 4.03. The molecule has 0 aliphatic rings. The van der Waals surface area contributed by atoms with Gasteiger partial charge in [0.2, 0.25) is 0 Å². The number of hydrogen-bond donors (Lipinski definition) is 1. The fraction of sp³-hybridized carbons (Fsp3) is 0.200. The van der Waals surface area contributed by atoms with Gasteiger partial charge in [0.25, 0.3) is 0 Å². The summed E-state index contributed by atoms with van der Waals surface area (Å²) in [6, 6.07) is 17.4. The second kappa shape index (κ2) is 8.12. The second-order valence-corrected chi connectivity index (χ2v) is 8.12. The van der Waals surface area contributed by atoms with Crippen molar-refractivity contribution in [1.82, 2.24) is 4.57 Å². The Hall–Kier alpha value is -3.25. The lowest BCUT2D eigenvalue weighted by molar-refractivity contribution is 0.214. The van der Waals surface area contributed by atoms with Crippen molar-refractivity contribution < 1.29 is 23.0 Å². The minimum absolute atomic E-state index is 0.199. The van der Waals surface area contributed by atoms with Crippen LogP contribution in [-0.2, 0) is 12.0 Å². The quantitative estimate of drug-likeness (QED) is 0.418. The van der Waals surface area contributed by atoms with Gasteiger partial charge in [-0.2, -0.15) is 0 Å².